The van der Waals surface area contributed by atoms with Gasteiger partial charge in [-0.05, 0) is 51.5 Å². The van der Waals surface area contributed by atoms with Gasteiger partial charge in [0, 0.05) is 11.6 Å². The number of halogens is 1. The van der Waals surface area contributed by atoms with Crippen LogP contribution in [0, 0.1) is 12.3 Å². The Morgan fingerprint density at radius 3 is 2.57 bits per heavy atom. The van der Waals surface area contributed by atoms with Crippen molar-refractivity contribution in [3.8, 4) is 5.75 Å². The van der Waals surface area contributed by atoms with Gasteiger partial charge in [0.2, 0.25) is 0 Å². The van der Waals surface area contributed by atoms with Crippen molar-refractivity contribution < 1.29 is 19.4 Å². The van der Waals surface area contributed by atoms with Crippen molar-refractivity contribution in [3.05, 3.63) is 28.8 Å². The van der Waals surface area contributed by atoms with Crippen LogP contribution in [0.4, 0.5) is 0 Å². The molecule has 0 radical (unpaired) electrons. The number of aliphatic carboxylic acids is 1. The number of carbonyl (C=O) groups is 2. The second kappa shape index (κ2) is 6.80. The third-order valence-electron chi connectivity index (χ3n) is 3.10. The number of carboxylic acid groups (broad SMARTS) is 1. The predicted molar refractivity (Wildman–Crippen MR) is 80.7 cm³/mol. The highest BCUT2D eigenvalue weighted by Gasteiger charge is 2.28. The largest absolute Gasteiger partial charge is 0.481 e. The molecule has 0 aromatic heterocycles. The molecule has 0 saturated heterocycles. The van der Waals surface area contributed by atoms with E-state index in [-0.39, 0.29) is 12.5 Å². The molecule has 6 heteroatoms. The lowest BCUT2D eigenvalue weighted by Gasteiger charge is -2.21. The van der Waals surface area contributed by atoms with Gasteiger partial charge < -0.3 is 15.2 Å². The number of aryl methyl sites for hydroxylation is 1. The Balaban J connectivity index is 2.59. The Bertz CT molecular complexity index is 542. The zero-order chi connectivity index (χ0) is 16.2. The number of carboxylic acids is 1. The fourth-order valence-electron chi connectivity index (χ4n) is 1.48. The van der Waals surface area contributed by atoms with E-state index in [4.69, 9.17) is 21.4 Å². The van der Waals surface area contributed by atoms with Crippen molar-refractivity contribution in [1.29, 1.82) is 0 Å². The minimum absolute atomic E-state index is 0.0362. The standard InChI is InChI=1S/C15H20ClNO4/c1-9-7-11(5-6-12(9)16)21-10(2)13(18)17-8-15(3,4)14(19)20/h5-7,10H,8H2,1-4H3,(H,17,18)(H,19,20). The number of ether oxygens (including phenoxy) is 1. The molecular weight excluding hydrogens is 294 g/mol. The van der Waals surface area contributed by atoms with E-state index in [9.17, 15) is 9.59 Å². The topological polar surface area (TPSA) is 75.6 Å². The maximum absolute atomic E-state index is 11.9. The summed E-state index contributed by atoms with van der Waals surface area (Å²) in [4.78, 5) is 22.9. The fourth-order valence-corrected chi connectivity index (χ4v) is 1.59. The second-order valence-electron chi connectivity index (χ2n) is 5.58. The normalized spacial score (nSPS) is 12.6. The molecule has 5 nitrogen and oxygen atoms in total. The van der Waals surface area contributed by atoms with Crippen LogP contribution in [0.25, 0.3) is 0 Å². The minimum Gasteiger partial charge on any atom is -0.481 e. The van der Waals surface area contributed by atoms with E-state index in [0.717, 1.165) is 5.56 Å². The lowest BCUT2D eigenvalue weighted by atomic mass is 9.94. The molecule has 2 N–H and O–H groups in total. The van der Waals surface area contributed by atoms with E-state index in [0.29, 0.717) is 10.8 Å². The number of benzene rings is 1. The number of hydrogen-bond acceptors (Lipinski definition) is 3. The minimum atomic E-state index is -1.02. The third kappa shape index (κ3) is 4.93. The van der Waals surface area contributed by atoms with Gasteiger partial charge in [-0.25, -0.2) is 0 Å². The molecule has 1 atom stereocenters. The molecular formula is C15H20ClNO4. The molecule has 0 aliphatic carbocycles. The lowest BCUT2D eigenvalue weighted by Crippen LogP contribution is -2.43. The Morgan fingerprint density at radius 2 is 2.05 bits per heavy atom. The molecule has 0 saturated carbocycles. The first-order valence-corrected chi connectivity index (χ1v) is 6.95. The average molecular weight is 314 g/mol. The van der Waals surface area contributed by atoms with Gasteiger partial charge in [-0.3, -0.25) is 9.59 Å². The van der Waals surface area contributed by atoms with Crippen LogP contribution in [-0.4, -0.2) is 29.6 Å². The van der Waals surface area contributed by atoms with Crippen LogP contribution in [0.5, 0.6) is 5.75 Å². The molecule has 0 bridgehead atoms. The maximum Gasteiger partial charge on any atom is 0.310 e. The van der Waals surface area contributed by atoms with Crippen molar-refractivity contribution in [3.63, 3.8) is 0 Å². The van der Waals surface area contributed by atoms with E-state index in [1.165, 1.54) is 0 Å². The smallest absolute Gasteiger partial charge is 0.310 e. The number of hydrogen-bond donors (Lipinski definition) is 2. The molecule has 116 valence electrons. The van der Waals surface area contributed by atoms with Crippen LogP contribution < -0.4 is 10.1 Å². The van der Waals surface area contributed by atoms with Gasteiger partial charge in [0.1, 0.15) is 5.75 Å². The fraction of sp³-hybridized carbons (Fsp3) is 0.467. The summed E-state index contributed by atoms with van der Waals surface area (Å²) in [6, 6.07) is 5.12. The van der Waals surface area contributed by atoms with E-state index in [1.807, 2.05) is 6.92 Å². The molecule has 0 fully saturated rings. The van der Waals surface area contributed by atoms with Crippen molar-refractivity contribution in [2.45, 2.75) is 33.8 Å². The van der Waals surface area contributed by atoms with Gasteiger partial charge >= 0.3 is 5.97 Å². The van der Waals surface area contributed by atoms with E-state index in [2.05, 4.69) is 5.32 Å². The highest BCUT2D eigenvalue weighted by atomic mass is 35.5. The first kappa shape index (κ1) is 17.3. The van der Waals surface area contributed by atoms with Gasteiger partial charge in [0.15, 0.2) is 6.10 Å². The summed E-state index contributed by atoms with van der Waals surface area (Å²) < 4.78 is 5.52. The van der Waals surface area contributed by atoms with E-state index < -0.39 is 17.5 Å². The molecule has 1 aromatic carbocycles. The zero-order valence-corrected chi connectivity index (χ0v) is 13.3. The molecule has 1 unspecified atom stereocenters. The number of rotatable bonds is 6. The third-order valence-corrected chi connectivity index (χ3v) is 3.52. The molecule has 0 aliphatic heterocycles. The molecule has 0 spiro atoms. The predicted octanol–water partition coefficient (Wildman–Crippen LogP) is 2.64. The summed E-state index contributed by atoms with van der Waals surface area (Å²) in [5.41, 5.74) is -0.166. The van der Waals surface area contributed by atoms with E-state index in [1.54, 1.807) is 39.0 Å². The summed E-state index contributed by atoms with van der Waals surface area (Å²) in [6.07, 6.45) is -0.727. The molecule has 1 rings (SSSR count). The van der Waals surface area contributed by atoms with Gasteiger partial charge in [0.05, 0.1) is 5.41 Å². The zero-order valence-electron chi connectivity index (χ0n) is 12.6. The summed E-state index contributed by atoms with van der Waals surface area (Å²) in [5, 5.41) is 12.2. The number of amides is 1. The van der Waals surface area contributed by atoms with Crippen LogP contribution in [0.1, 0.15) is 26.3 Å². The van der Waals surface area contributed by atoms with Gasteiger partial charge in [-0.1, -0.05) is 11.6 Å². The van der Waals surface area contributed by atoms with Crippen molar-refractivity contribution in [2.24, 2.45) is 5.41 Å². The molecule has 0 aliphatic rings. The Kier molecular flexibility index (Phi) is 5.61. The lowest BCUT2D eigenvalue weighted by molar-refractivity contribution is -0.147. The Labute approximate surface area is 129 Å². The summed E-state index contributed by atoms with van der Waals surface area (Å²) >= 11 is 5.92. The van der Waals surface area contributed by atoms with Gasteiger partial charge in [-0.2, -0.15) is 0 Å². The van der Waals surface area contributed by atoms with Crippen molar-refractivity contribution in [2.75, 3.05) is 6.54 Å². The SMILES string of the molecule is Cc1cc(OC(C)C(=O)NCC(C)(C)C(=O)O)ccc1Cl. The van der Waals surface area contributed by atoms with Crippen LogP contribution in [0.15, 0.2) is 18.2 Å². The average Bonchev–Trinajstić information content (AvgIpc) is 2.40. The molecule has 1 amide bonds. The monoisotopic (exact) mass is 313 g/mol. The molecule has 1 aromatic rings. The number of carbonyl (C=O) groups excluding carboxylic acids is 1. The van der Waals surface area contributed by atoms with Crippen molar-refractivity contribution in [1.82, 2.24) is 5.32 Å². The maximum atomic E-state index is 11.9. The highest BCUT2D eigenvalue weighted by molar-refractivity contribution is 6.31. The first-order valence-electron chi connectivity index (χ1n) is 6.57. The summed E-state index contributed by atoms with van der Waals surface area (Å²) in [5.74, 6) is -0.793. The van der Waals surface area contributed by atoms with Crippen LogP contribution >= 0.6 is 11.6 Å². The van der Waals surface area contributed by atoms with E-state index >= 15 is 0 Å². The summed E-state index contributed by atoms with van der Waals surface area (Å²) in [6.45, 7) is 6.57. The molecule has 21 heavy (non-hydrogen) atoms. The first-order chi connectivity index (χ1) is 9.63. The molecule has 0 heterocycles. The van der Waals surface area contributed by atoms with Crippen LogP contribution in [0.2, 0.25) is 5.02 Å². The summed E-state index contributed by atoms with van der Waals surface area (Å²) in [7, 11) is 0. The highest BCUT2D eigenvalue weighted by Crippen LogP contribution is 2.22. The quantitative estimate of drug-likeness (QED) is 0.846. The van der Waals surface area contributed by atoms with Crippen molar-refractivity contribution >= 4 is 23.5 Å². The number of nitrogens with one attached hydrogen (secondary N) is 1. The van der Waals surface area contributed by atoms with Crippen LogP contribution in [0.3, 0.4) is 0 Å². The second-order valence-corrected chi connectivity index (χ2v) is 5.99. The van der Waals surface area contributed by atoms with Gasteiger partial charge in [-0.15, -0.1) is 0 Å². The van der Waals surface area contributed by atoms with Crippen LogP contribution in [-0.2, 0) is 9.59 Å². The Morgan fingerprint density at radius 1 is 1.43 bits per heavy atom. The van der Waals surface area contributed by atoms with Gasteiger partial charge in [0.25, 0.3) is 5.91 Å². The Hall–Kier alpha value is -1.75.